The maximum absolute atomic E-state index is 12.4. The summed E-state index contributed by atoms with van der Waals surface area (Å²) in [5.41, 5.74) is 0. The maximum atomic E-state index is 12.4. The molecule has 3 heterocycles. The van der Waals surface area contributed by atoms with Gasteiger partial charge in [-0.15, -0.1) is 49.0 Å². The summed E-state index contributed by atoms with van der Waals surface area (Å²) in [7, 11) is 0. The van der Waals surface area contributed by atoms with Gasteiger partial charge in [-0.05, 0) is 25.0 Å². The molecule has 2 saturated heterocycles. The zero-order valence-electron chi connectivity index (χ0n) is 17.2. The van der Waals surface area contributed by atoms with Crippen LogP contribution in [0.1, 0.15) is 12.8 Å². The number of nitriles is 1. The van der Waals surface area contributed by atoms with E-state index in [1.165, 1.54) is 6.20 Å². The number of halogens is 4. The highest BCUT2D eigenvalue weighted by atomic mass is 35.5. The molecule has 0 bridgehead atoms. The molecule has 3 N–H and O–H groups in total. The van der Waals surface area contributed by atoms with Crippen molar-refractivity contribution in [1.82, 2.24) is 19.8 Å². The molecule has 1 aromatic rings. The van der Waals surface area contributed by atoms with E-state index in [1.807, 2.05) is 0 Å². The van der Waals surface area contributed by atoms with Gasteiger partial charge < -0.3 is 10.2 Å². The first-order valence-electron chi connectivity index (χ1n) is 9.38. The molecule has 0 aliphatic carbocycles. The molecule has 2 fully saturated rings. The number of anilines is 1. The Morgan fingerprint density at radius 3 is 2.59 bits per heavy atom. The molecule has 14 heteroatoms. The summed E-state index contributed by atoms with van der Waals surface area (Å²) in [6, 6.07) is 5.20. The second-order valence-corrected chi connectivity index (χ2v) is 8.53. The minimum Gasteiger partial charge on any atom is -0.315 e. The van der Waals surface area contributed by atoms with Gasteiger partial charge in [0.05, 0.1) is 30.1 Å². The molecule has 3 rings (SSSR count). The van der Waals surface area contributed by atoms with Gasteiger partial charge in [0.2, 0.25) is 11.8 Å². The van der Waals surface area contributed by atoms with Crippen LogP contribution < -0.4 is 11.2 Å². The predicted molar refractivity (Wildman–Crippen MR) is 134 cm³/mol. The van der Waals surface area contributed by atoms with Crippen molar-refractivity contribution in [1.29, 1.82) is 5.26 Å². The van der Waals surface area contributed by atoms with Gasteiger partial charge in [0, 0.05) is 31.1 Å². The van der Waals surface area contributed by atoms with Crippen LogP contribution in [-0.4, -0.2) is 81.5 Å². The summed E-state index contributed by atoms with van der Waals surface area (Å²) in [5, 5.41) is 14.0. The summed E-state index contributed by atoms with van der Waals surface area (Å²) in [5.74, 6) is 7.57. The summed E-state index contributed by atoms with van der Waals surface area (Å²) in [6.45, 7) is 1.81. The fraction of sp³-hybridized carbons (Fsp3) is 0.556. The van der Waals surface area contributed by atoms with Gasteiger partial charge in [0.25, 0.3) is 0 Å². The van der Waals surface area contributed by atoms with Crippen LogP contribution in [0.25, 0.3) is 0 Å². The first-order valence-corrected chi connectivity index (χ1v) is 10.9. The number of hydrogen-bond donors (Lipinski definition) is 2. The highest BCUT2D eigenvalue weighted by Gasteiger charge is 2.31. The Balaban J connectivity index is 0.00000320. The predicted octanol–water partition coefficient (Wildman–Crippen LogP) is 2.00. The molecular weight excluding hydrogens is 520 g/mol. The highest BCUT2D eigenvalue weighted by molar-refractivity contribution is 7.99. The number of likely N-dealkylation sites (tertiary alicyclic amines) is 1. The third-order valence-electron chi connectivity index (χ3n) is 5.06. The lowest BCUT2D eigenvalue weighted by Gasteiger charge is -2.36. The van der Waals surface area contributed by atoms with Gasteiger partial charge in [-0.25, -0.2) is 9.99 Å². The molecule has 2 amide bonds. The number of carbonyl (C=O) groups is 2. The molecule has 1 atom stereocenters. The summed E-state index contributed by atoms with van der Waals surface area (Å²) in [6.07, 6.45) is 3.03. The Labute approximate surface area is 215 Å². The zero-order valence-corrected chi connectivity index (χ0v) is 21.2. The number of nitrogens with one attached hydrogen (secondary N) is 1. The van der Waals surface area contributed by atoms with Crippen molar-refractivity contribution in [3.05, 3.63) is 23.4 Å². The Kier molecular flexibility index (Phi) is 14.5. The lowest BCUT2D eigenvalue weighted by Crippen LogP contribution is -2.53. The van der Waals surface area contributed by atoms with Crippen molar-refractivity contribution in [2.45, 2.75) is 24.9 Å². The van der Waals surface area contributed by atoms with Crippen molar-refractivity contribution in [3.63, 3.8) is 0 Å². The average molecular weight is 547 g/mol. The number of piperidine rings is 1. The molecule has 0 unspecified atom stereocenters. The van der Waals surface area contributed by atoms with Gasteiger partial charge in [-0.3, -0.25) is 20.3 Å². The average Bonchev–Trinajstić information content (AvgIpc) is 3.19. The normalized spacial score (nSPS) is 18.7. The largest absolute Gasteiger partial charge is 0.315 e. The molecule has 0 spiro atoms. The van der Waals surface area contributed by atoms with Crippen molar-refractivity contribution < 1.29 is 9.59 Å². The van der Waals surface area contributed by atoms with E-state index < -0.39 is 0 Å². The number of aromatic nitrogens is 1. The number of amides is 2. The first kappa shape index (κ1) is 31.0. The van der Waals surface area contributed by atoms with Crippen LogP contribution in [0.15, 0.2) is 18.3 Å². The van der Waals surface area contributed by atoms with Gasteiger partial charge in [-0.2, -0.15) is 5.26 Å². The van der Waals surface area contributed by atoms with Crippen LogP contribution in [0.2, 0.25) is 5.02 Å². The number of carbonyl (C=O) groups excluding carboxylic acids is 2. The first-order chi connectivity index (χ1) is 14.0. The summed E-state index contributed by atoms with van der Waals surface area (Å²) in [4.78, 5) is 32.3. The van der Waals surface area contributed by atoms with Crippen LogP contribution in [0.3, 0.4) is 0 Å². The summed E-state index contributed by atoms with van der Waals surface area (Å²) < 4.78 is 0. The minimum atomic E-state index is -0.364. The van der Waals surface area contributed by atoms with Crippen molar-refractivity contribution in [2.75, 3.05) is 43.1 Å². The van der Waals surface area contributed by atoms with Crippen molar-refractivity contribution >= 4 is 78.2 Å². The Bertz CT molecular complexity index is 776. The van der Waals surface area contributed by atoms with Crippen LogP contribution in [-0.2, 0) is 9.59 Å². The van der Waals surface area contributed by atoms with E-state index in [9.17, 15) is 9.59 Å². The Hall–Kier alpha value is -1.03. The number of pyridine rings is 1. The topological polar surface area (TPSA) is 119 Å². The van der Waals surface area contributed by atoms with Crippen LogP contribution in [0.5, 0.6) is 0 Å². The molecule has 0 radical (unpaired) electrons. The molecule has 0 aromatic carbocycles. The molecule has 32 heavy (non-hydrogen) atoms. The van der Waals surface area contributed by atoms with Crippen LogP contribution in [0.4, 0.5) is 5.82 Å². The van der Waals surface area contributed by atoms with E-state index in [0.717, 1.165) is 12.8 Å². The fourth-order valence-electron chi connectivity index (χ4n) is 3.42. The van der Waals surface area contributed by atoms with Gasteiger partial charge in [0.1, 0.15) is 11.9 Å². The molecular formula is C18H27Cl4N7O2S. The zero-order chi connectivity index (χ0) is 20.8. The van der Waals surface area contributed by atoms with Crippen molar-refractivity contribution in [2.24, 2.45) is 5.84 Å². The van der Waals surface area contributed by atoms with E-state index in [0.29, 0.717) is 35.6 Å². The van der Waals surface area contributed by atoms with Gasteiger partial charge >= 0.3 is 0 Å². The van der Waals surface area contributed by atoms with Gasteiger partial charge in [0.15, 0.2) is 0 Å². The number of thioether (sulfide) groups is 1. The molecule has 1 aromatic heterocycles. The highest BCUT2D eigenvalue weighted by Crippen LogP contribution is 2.21. The van der Waals surface area contributed by atoms with E-state index in [1.54, 1.807) is 33.8 Å². The fourth-order valence-corrected chi connectivity index (χ4v) is 4.63. The number of hydrazine groups is 1. The van der Waals surface area contributed by atoms with E-state index in [-0.39, 0.29) is 74.2 Å². The van der Waals surface area contributed by atoms with Crippen molar-refractivity contribution in [3.8, 4) is 6.07 Å². The standard InChI is InChI=1S/C18H24ClN7O2S.3ClH/c19-13-1-2-16(22-8-13)23-17(27)9-24-5-3-14(4-6-24)26(21)10-18(28)25-12-29-11-15(25)7-20;;;/h1-2,8,14-15H,3-6,9-12,21H2,(H,22,23,27);3*1H/t15-;;;/m1.../s1. The molecule has 2 aliphatic rings. The maximum Gasteiger partial charge on any atom is 0.239 e. The SMILES string of the molecule is Cl.Cl.Cl.N#C[C@@H]1CSCN1C(=O)CN(N)C1CCN(CC(=O)Nc2ccc(Cl)cn2)CC1. The number of rotatable bonds is 6. The van der Waals surface area contributed by atoms with Gasteiger partial charge in [-0.1, -0.05) is 11.6 Å². The minimum absolute atomic E-state index is 0. The monoisotopic (exact) mass is 545 g/mol. The molecule has 2 aliphatic heterocycles. The second-order valence-electron chi connectivity index (χ2n) is 7.10. The Morgan fingerprint density at radius 1 is 1.31 bits per heavy atom. The third-order valence-corrected chi connectivity index (χ3v) is 6.29. The lowest BCUT2D eigenvalue weighted by molar-refractivity contribution is -0.132. The smallest absolute Gasteiger partial charge is 0.239 e. The quantitative estimate of drug-likeness (QED) is 0.411. The third kappa shape index (κ3) is 8.72. The lowest BCUT2D eigenvalue weighted by atomic mass is 10.0. The molecule has 180 valence electrons. The van der Waals surface area contributed by atoms with Crippen LogP contribution in [0, 0.1) is 11.3 Å². The molecule has 0 saturated carbocycles. The van der Waals surface area contributed by atoms with E-state index in [2.05, 4.69) is 21.3 Å². The summed E-state index contributed by atoms with van der Waals surface area (Å²) >= 11 is 7.37. The van der Waals surface area contributed by atoms with E-state index >= 15 is 0 Å². The number of nitrogens with zero attached hydrogens (tertiary/aromatic N) is 5. The number of nitrogens with two attached hydrogens (primary N) is 1. The van der Waals surface area contributed by atoms with E-state index in [4.69, 9.17) is 22.7 Å². The Morgan fingerprint density at radius 2 is 2.00 bits per heavy atom. The molecule has 9 nitrogen and oxygen atoms in total. The number of hydrogen-bond acceptors (Lipinski definition) is 8. The van der Waals surface area contributed by atoms with Crippen LogP contribution >= 0.6 is 60.6 Å². The second kappa shape index (κ2) is 15.0.